The van der Waals surface area contributed by atoms with E-state index in [0.29, 0.717) is 17.6 Å². The second-order valence-electron chi connectivity index (χ2n) is 3.24. The fourth-order valence-electron chi connectivity index (χ4n) is 1.42. The van der Waals surface area contributed by atoms with Crippen LogP contribution in [-0.2, 0) is 4.79 Å². The Balaban J connectivity index is 3.10. The molecule has 80 valence electrons. The van der Waals surface area contributed by atoms with Gasteiger partial charge < -0.3 is 5.11 Å². The molecule has 0 aliphatic rings. The SMILES string of the molecule is CCC/C(=C\C(=O)O)c1ccccc1F. The molecule has 0 bridgehead atoms. The zero-order valence-corrected chi connectivity index (χ0v) is 8.53. The molecule has 1 aromatic rings. The maximum Gasteiger partial charge on any atom is 0.328 e. The van der Waals surface area contributed by atoms with Gasteiger partial charge in [0.05, 0.1) is 0 Å². The molecule has 2 nitrogen and oxygen atoms in total. The van der Waals surface area contributed by atoms with Gasteiger partial charge in [-0.05, 0) is 18.1 Å². The molecular weight excluding hydrogens is 195 g/mol. The Morgan fingerprint density at radius 2 is 2.13 bits per heavy atom. The van der Waals surface area contributed by atoms with Gasteiger partial charge in [0.2, 0.25) is 0 Å². The molecule has 0 spiro atoms. The highest BCUT2D eigenvalue weighted by Crippen LogP contribution is 2.22. The molecule has 1 rings (SSSR count). The maximum atomic E-state index is 13.4. The van der Waals surface area contributed by atoms with Gasteiger partial charge in [-0.2, -0.15) is 0 Å². The third kappa shape index (κ3) is 3.20. The van der Waals surface area contributed by atoms with E-state index in [0.717, 1.165) is 12.5 Å². The minimum absolute atomic E-state index is 0.376. The summed E-state index contributed by atoms with van der Waals surface area (Å²) in [6.45, 7) is 1.93. The molecule has 0 radical (unpaired) electrons. The lowest BCUT2D eigenvalue weighted by molar-refractivity contribution is -0.131. The highest BCUT2D eigenvalue weighted by Gasteiger charge is 2.07. The first-order chi connectivity index (χ1) is 7.15. The van der Waals surface area contributed by atoms with Crippen LogP contribution in [0.4, 0.5) is 4.39 Å². The number of carboxylic acids is 1. The van der Waals surface area contributed by atoms with Crippen LogP contribution in [0, 0.1) is 5.82 Å². The standard InChI is InChI=1S/C12H13FO2/c1-2-5-9(8-12(14)15)10-6-3-4-7-11(10)13/h3-4,6-8H,2,5H2,1H3,(H,14,15)/b9-8+. The minimum Gasteiger partial charge on any atom is -0.478 e. The number of rotatable bonds is 4. The Bertz CT molecular complexity index is 383. The van der Waals surface area contributed by atoms with Crippen LogP contribution < -0.4 is 0 Å². The smallest absolute Gasteiger partial charge is 0.328 e. The molecule has 0 heterocycles. The number of allylic oxidation sites excluding steroid dienone is 1. The number of hydrogen-bond acceptors (Lipinski definition) is 1. The molecule has 15 heavy (non-hydrogen) atoms. The van der Waals surface area contributed by atoms with Crippen LogP contribution in [0.1, 0.15) is 25.3 Å². The molecule has 0 aromatic heterocycles. The van der Waals surface area contributed by atoms with Gasteiger partial charge in [0.1, 0.15) is 5.82 Å². The van der Waals surface area contributed by atoms with Gasteiger partial charge in [0, 0.05) is 11.6 Å². The number of carbonyl (C=O) groups is 1. The van der Waals surface area contributed by atoms with Crippen LogP contribution in [0.25, 0.3) is 5.57 Å². The molecule has 0 saturated heterocycles. The largest absolute Gasteiger partial charge is 0.478 e. The predicted molar refractivity (Wildman–Crippen MR) is 56.9 cm³/mol. The summed E-state index contributed by atoms with van der Waals surface area (Å²) in [6.07, 6.45) is 2.42. The van der Waals surface area contributed by atoms with Crippen LogP contribution in [0.5, 0.6) is 0 Å². The zero-order valence-electron chi connectivity index (χ0n) is 8.53. The third-order valence-electron chi connectivity index (χ3n) is 2.04. The normalized spacial score (nSPS) is 11.5. The monoisotopic (exact) mass is 208 g/mol. The Morgan fingerprint density at radius 3 is 2.67 bits per heavy atom. The Hall–Kier alpha value is -1.64. The Kier molecular flexibility index (Phi) is 4.03. The molecule has 0 atom stereocenters. The molecule has 0 aliphatic carbocycles. The van der Waals surface area contributed by atoms with E-state index < -0.39 is 5.97 Å². The minimum atomic E-state index is -1.04. The van der Waals surface area contributed by atoms with Gasteiger partial charge in [-0.15, -0.1) is 0 Å². The van der Waals surface area contributed by atoms with Crippen LogP contribution >= 0.6 is 0 Å². The first-order valence-corrected chi connectivity index (χ1v) is 4.83. The van der Waals surface area contributed by atoms with Gasteiger partial charge in [-0.3, -0.25) is 0 Å². The van der Waals surface area contributed by atoms with E-state index in [2.05, 4.69) is 0 Å². The summed E-state index contributed by atoms with van der Waals surface area (Å²) in [5.74, 6) is -1.42. The molecule has 0 fully saturated rings. The van der Waals surface area contributed by atoms with Crippen molar-refractivity contribution in [2.24, 2.45) is 0 Å². The van der Waals surface area contributed by atoms with Crippen molar-refractivity contribution in [1.29, 1.82) is 0 Å². The molecule has 3 heteroatoms. The van der Waals surface area contributed by atoms with Crippen molar-refractivity contribution in [3.05, 3.63) is 41.7 Å². The van der Waals surface area contributed by atoms with E-state index in [1.807, 2.05) is 6.92 Å². The maximum absolute atomic E-state index is 13.4. The van der Waals surface area contributed by atoms with Crippen molar-refractivity contribution < 1.29 is 14.3 Å². The Labute approximate surface area is 88.1 Å². The topological polar surface area (TPSA) is 37.3 Å². The van der Waals surface area contributed by atoms with Gasteiger partial charge in [-0.25, -0.2) is 9.18 Å². The van der Waals surface area contributed by atoms with Crippen molar-refractivity contribution in [1.82, 2.24) is 0 Å². The first kappa shape index (κ1) is 11.4. The van der Waals surface area contributed by atoms with E-state index in [1.165, 1.54) is 6.07 Å². The number of benzene rings is 1. The highest BCUT2D eigenvalue weighted by atomic mass is 19.1. The summed E-state index contributed by atoms with van der Waals surface area (Å²) in [4.78, 5) is 10.6. The number of aliphatic carboxylic acids is 1. The van der Waals surface area contributed by atoms with Gasteiger partial charge in [0.25, 0.3) is 0 Å². The summed E-state index contributed by atoms with van der Waals surface area (Å²) >= 11 is 0. The lowest BCUT2D eigenvalue weighted by Gasteiger charge is -2.06. The number of hydrogen-bond donors (Lipinski definition) is 1. The van der Waals surface area contributed by atoms with Crippen LogP contribution in [0.3, 0.4) is 0 Å². The molecule has 0 amide bonds. The van der Waals surface area contributed by atoms with Crippen molar-refractivity contribution in [2.45, 2.75) is 19.8 Å². The average Bonchev–Trinajstić information content (AvgIpc) is 2.17. The first-order valence-electron chi connectivity index (χ1n) is 4.83. The molecule has 1 aromatic carbocycles. The number of carboxylic acid groups (broad SMARTS) is 1. The van der Waals surface area contributed by atoms with E-state index in [9.17, 15) is 9.18 Å². The Morgan fingerprint density at radius 1 is 1.47 bits per heavy atom. The van der Waals surface area contributed by atoms with E-state index in [-0.39, 0.29) is 5.82 Å². The summed E-state index contributed by atoms with van der Waals surface area (Å²) in [6, 6.07) is 6.22. The lowest BCUT2D eigenvalue weighted by Crippen LogP contribution is -1.95. The molecule has 0 aliphatic heterocycles. The highest BCUT2D eigenvalue weighted by molar-refractivity contribution is 5.90. The van der Waals surface area contributed by atoms with Crippen molar-refractivity contribution >= 4 is 11.5 Å². The summed E-state index contributed by atoms with van der Waals surface area (Å²) in [5, 5.41) is 8.66. The molecule has 0 saturated carbocycles. The van der Waals surface area contributed by atoms with Crippen molar-refractivity contribution in [2.75, 3.05) is 0 Å². The second kappa shape index (κ2) is 5.29. The molecule has 0 unspecified atom stereocenters. The predicted octanol–water partition coefficient (Wildman–Crippen LogP) is 3.09. The second-order valence-corrected chi connectivity index (χ2v) is 3.24. The van der Waals surface area contributed by atoms with E-state index in [4.69, 9.17) is 5.11 Å². The van der Waals surface area contributed by atoms with Crippen LogP contribution in [0.15, 0.2) is 30.3 Å². The van der Waals surface area contributed by atoms with Crippen LogP contribution in [0.2, 0.25) is 0 Å². The van der Waals surface area contributed by atoms with Gasteiger partial charge in [0.15, 0.2) is 0 Å². The fourth-order valence-corrected chi connectivity index (χ4v) is 1.42. The van der Waals surface area contributed by atoms with E-state index in [1.54, 1.807) is 18.2 Å². The zero-order chi connectivity index (χ0) is 11.3. The summed E-state index contributed by atoms with van der Waals surface area (Å²) in [7, 11) is 0. The van der Waals surface area contributed by atoms with Crippen molar-refractivity contribution in [3.63, 3.8) is 0 Å². The van der Waals surface area contributed by atoms with E-state index >= 15 is 0 Å². The number of halogens is 1. The summed E-state index contributed by atoms with van der Waals surface area (Å²) in [5.41, 5.74) is 0.907. The van der Waals surface area contributed by atoms with Gasteiger partial charge >= 0.3 is 5.97 Å². The third-order valence-corrected chi connectivity index (χ3v) is 2.04. The summed E-state index contributed by atoms with van der Waals surface area (Å²) < 4.78 is 13.4. The molecule has 1 N–H and O–H groups in total. The van der Waals surface area contributed by atoms with Gasteiger partial charge in [-0.1, -0.05) is 31.5 Å². The quantitative estimate of drug-likeness (QED) is 0.772. The van der Waals surface area contributed by atoms with Crippen molar-refractivity contribution in [3.8, 4) is 0 Å². The van der Waals surface area contributed by atoms with Crippen LogP contribution in [-0.4, -0.2) is 11.1 Å². The lowest BCUT2D eigenvalue weighted by atomic mass is 10.0. The average molecular weight is 208 g/mol. The fraction of sp³-hybridized carbons (Fsp3) is 0.250. The molecular formula is C12H13FO2.